The van der Waals surface area contributed by atoms with E-state index in [1.807, 2.05) is 0 Å². The van der Waals surface area contributed by atoms with Crippen LogP contribution in [0, 0.1) is 5.82 Å². The van der Waals surface area contributed by atoms with Gasteiger partial charge in [0.2, 0.25) is 11.8 Å². The minimum atomic E-state index is -4.32. The van der Waals surface area contributed by atoms with Crippen LogP contribution in [0.15, 0.2) is 23.1 Å². The summed E-state index contributed by atoms with van der Waals surface area (Å²) in [5.41, 5.74) is -2.20. The molecule has 116 valence electrons. The second-order valence-electron chi connectivity index (χ2n) is 5.22. The Morgan fingerprint density at radius 2 is 1.95 bits per heavy atom. The third-order valence-corrected chi connectivity index (χ3v) is 5.94. The molecule has 3 rings (SSSR count). The van der Waals surface area contributed by atoms with Gasteiger partial charge in [-0.2, -0.15) is 0 Å². The van der Waals surface area contributed by atoms with Gasteiger partial charge in [0.1, 0.15) is 5.82 Å². The molecule has 0 aliphatic carbocycles. The smallest absolute Gasteiger partial charge is 0.268 e. The number of halogens is 1. The summed E-state index contributed by atoms with van der Waals surface area (Å²) < 4.78 is 39.1. The Kier molecular flexibility index (Phi) is 2.75. The highest BCUT2D eigenvalue weighted by atomic mass is 32.2. The SMILES string of the molecule is CC(=O)N1C2(CC(=O)N(C)C2=O)c2cc(F)ccc2S1(=O)=O. The van der Waals surface area contributed by atoms with Gasteiger partial charge >= 0.3 is 0 Å². The van der Waals surface area contributed by atoms with Crippen LogP contribution in [0.5, 0.6) is 0 Å². The predicted octanol–water partition coefficient (Wildman–Crippen LogP) is -0.0395. The van der Waals surface area contributed by atoms with E-state index in [9.17, 15) is 27.2 Å². The molecule has 1 aromatic rings. The number of fused-ring (bicyclic) bond motifs is 2. The second-order valence-corrected chi connectivity index (χ2v) is 6.98. The molecule has 1 fully saturated rings. The standard InChI is InChI=1S/C13H11FN2O5S/c1-7(17)16-13(6-11(18)15(2)12(13)19)9-5-8(14)3-4-10(9)22(16,20)21/h3-5H,6H2,1-2H3. The average molecular weight is 326 g/mol. The fourth-order valence-corrected chi connectivity index (χ4v) is 5.01. The van der Waals surface area contributed by atoms with Crippen LogP contribution in [0.1, 0.15) is 18.9 Å². The topological polar surface area (TPSA) is 91.8 Å². The van der Waals surface area contributed by atoms with Crippen molar-refractivity contribution in [2.24, 2.45) is 0 Å². The van der Waals surface area contributed by atoms with Crippen molar-refractivity contribution in [3.63, 3.8) is 0 Å². The Labute approximate surface area is 125 Å². The van der Waals surface area contributed by atoms with Gasteiger partial charge in [-0.05, 0) is 18.2 Å². The molecule has 3 amide bonds. The summed E-state index contributed by atoms with van der Waals surface area (Å²) in [5, 5.41) is 0. The zero-order valence-electron chi connectivity index (χ0n) is 11.7. The van der Waals surface area contributed by atoms with E-state index in [1.165, 1.54) is 7.05 Å². The molecule has 0 bridgehead atoms. The van der Waals surface area contributed by atoms with Gasteiger partial charge in [0.25, 0.3) is 15.9 Å². The number of carbonyl (C=O) groups excluding carboxylic acids is 3. The Bertz CT molecular complexity index is 850. The maximum absolute atomic E-state index is 13.6. The van der Waals surface area contributed by atoms with E-state index in [2.05, 4.69) is 0 Å². The van der Waals surface area contributed by atoms with E-state index in [4.69, 9.17) is 0 Å². The molecule has 1 spiro atoms. The molecule has 2 heterocycles. The fourth-order valence-electron chi connectivity index (χ4n) is 3.07. The molecule has 1 saturated heterocycles. The summed E-state index contributed by atoms with van der Waals surface area (Å²) in [6.45, 7) is 0.984. The lowest BCUT2D eigenvalue weighted by Crippen LogP contribution is -2.51. The Morgan fingerprint density at radius 3 is 2.45 bits per heavy atom. The highest BCUT2D eigenvalue weighted by molar-refractivity contribution is 7.90. The number of rotatable bonds is 0. The molecule has 0 aromatic heterocycles. The molecule has 7 nitrogen and oxygen atoms in total. The van der Waals surface area contributed by atoms with E-state index in [1.54, 1.807) is 0 Å². The number of nitrogens with zero attached hydrogens (tertiary/aromatic N) is 2. The number of imide groups is 1. The van der Waals surface area contributed by atoms with E-state index >= 15 is 0 Å². The van der Waals surface area contributed by atoms with Gasteiger partial charge in [0, 0.05) is 19.5 Å². The number of sulfonamides is 1. The summed E-state index contributed by atoms with van der Waals surface area (Å²) in [6.07, 6.45) is -0.530. The van der Waals surface area contributed by atoms with Gasteiger partial charge in [-0.3, -0.25) is 19.3 Å². The van der Waals surface area contributed by atoms with Crippen LogP contribution in [0.25, 0.3) is 0 Å². The number of amides is 3. The largest absolute Gasteiger partial charge is 0.283 e. The monoisotopic (exact) mass is 326 g/mol. The van der Waals surface area contributed by atoms with Gasteiger partial charge < -0.3 is 0 Å². The van der Waals surface area contributed by atoms with Gasteiger partial charge in [-0.1, -0.05) is 0 Å². The number of likely N-dealkylation sites (tertiary alicyclic amines) is 1. The molecular weight excluding hydrogens is 315 g/mol. The predicted molar refractivity (Wildman–Crippen MR) is 70.2 cm³/mol. The Balaban J connectivity index is 2.43. The first-order valence-corrected chi connectivity index (χ1v) is 7.75. The molecule has 0 radical (unpaired) electrons. The Morgan fingerprint density at radius 1 is 1.32 bits per heavy atom. The first-order chi connectivity index (χ1) is 10.1. The minimum Gasteiger partial charge on any atom is -0.283 e. The van der Waals surface area contributed by atoms with Crippen LogP contribution in [0.4, 0.5) is 4.39 Å². The number of hydrogen-bond acceptors (Lipinski definition) is 5. The van der Waals surface area contributed by atoms with Gasteiger partial charge in [0.05, 0.1) is 11.3 Å². The summed E-state index contributed by atoms with van der Waals surface area (Å²) >= 11 is 0. The van der Waals surface area contributed by atoms with Gasteiger partial charge in [0.15, 0.2) is 5.54 Å². The summed E-state index contributed by atoms with van der Waals surface area (Å²) in [6, 6.07) is 2.82. The van der Waals surface area contributed by atoms with E-state index in [-0.39, 0.29) is 10.5 Å². The highest BCUT2D eigenvalue weighted by Gasteiger charge is 2.65. The van der Waals surface area contributed by atoms with Crippen LogP contribution in [0.2, 0.25) is 0 Å². The third kappa shape index (κ3) is 1.48. The van der Waals surface area contributed by atoms with Crippen LogP contribution >= 0.6 is 0 Å². The van der Waals surface area contributed by atoms with E-state index in [0.717, 1.165) is 30.0 Å². The number of likely N-dealkylation sites (N-methyl/N-ethyl adjacent to an activating group) is 1. The zero-order valence-corrected chi connectivity index (χ0v) is 12.5. The second kappa shape index (κ2) is 4.13. The quantitative estimate of drug-likeness (QED) is 0.624. The summed E-state index contributed by atoms with van der Waals surface area (Å²) in [5.74, 6) is -3.16. The van der Waals surface area contributed by atoms with E-state index in [0.29, 0.717) is 4.31 Å². The number of carbonyl (C=O) groups is 3. The number of benzene rings is 1. The first kappa shape index (κ1) is 14.6. The van der Waals surface area contributed by atoms with Crippen molar-refractivity contribution in [1.29, 1.82) is 0 Å². The van der Waals surface area contributed by atoms with Gasteiger partial charge in [-0.15, -0.1) is 0 Å². The molecule has 9 heteroatoms. The van der Waals surface area contributed by atoms with Crippen LogP contribution in [-0.2, 0) is 29.9 Å². The van der Waals surface area contributed by atoms with Crippen LogP contribution in [0.3, 0.4) is 0 Å². The highest BCUT2D eigenvalue weighted by Crippen LogP contribution is 2.50. The molecule has 0 saturated carbocycles. The molecule has 2 aliphatic heterocycles. The van der Waals surface area contributed by atoms with Crippen LogP contribution in [-0.4, -0.2) is 42.4 Å². The lowest BCUT2D eigenvalue weighted by Gasteiger charge is -2.30. The molecule has 1 aromatic carbocycles. The van der Waals surface area contributed by atoms with Crippen LogP contribution < -0.4 is 0 Å². The Hall–Kier alpha value is -2.29. The van der Waals surface area contributed by atoms with Crippen molar-refractivity contribution in [2.75, 3.05) is 7.05 Å². The molecule has 22 heavy (non-hydrogen) atoms. The zero-order chi connectivity index (χ0) is 16.4. The lowest BCUT2D eigenvalue weighted by molar-refractivity contribution is -0.143. The van der Waals surface area contributed by atoms with Crippen molar-refractivity contribution in [3.05, 3.63) is 29.6 Å². The maximum atomic E-state index is 13.6. The average Bonchev–Trinajstić information content (AvgIpc) is 2.74. The van der Waals surface area contributed by atoms with Gasteiger partial charge in [-0.25, -0.2) is 17.1 Å². The summed E-state index contributed by atoms with van der Waals surface area (Å²) in [4.78, 5) is 36.8. The van der Waals surface area contributed by atoms with E-state index < -0.39 is 45.5 Å². The minimum absolute atomic E-state index is 0.176. The normalized spacial score (nSPS) is 26.0. The maximum Gasteiger partial charge on any atom is 0.268 e. The summed E-state index contributed by atoms with van der Waals surface area (Å²) in [7, 11) is -3.12. The van der Waals surface area contributed by atoms with Crippen molar-refractivity contribution in [3.8, 4) is 0 Å². The third-order valence-electron chi connectivity index (χ3n) is 3.98. The first-order valence-electron chi connectivity index (χ1n) is 6.31. The lowest BCUT2D eigenvalue weighted by atomic mass is 9.88. The molecule has 0 N–H and O–H groups in total. The molecule has 1 atom stereocenters. The molecule has 2 aliphatic rings. The molecule has 1 unspecified atom stereocenters. The molecular formula is C13H11FN2O5S. The fraction of sp³-hybridized carbons (Fsp3) is 0.308. The van der Waals surface area contributed by atoms with Crippen molar-refractivity contribution < 1.29 is 27.2 Å². The van der Waals surface area contributed by atoms with Crippen molar-refractivity contribution in [1.82, 2.24) is 9.21 Å². The van der Waals surface area contributed by atoms with Crippen molar-refractivity contribution in [2.45, 2.75) is 23.8 Å². The van der Waals surface area contributed by atoms with Crippen molar-refractivity contribution >= 4 is 27.7 Å². The number of hydrogen-bond donors (Lipinski definition) is 0.